The van der Waals surface area contributed by atoms with Crippen molar-refractivity contribution in [2.75, 3.05) is 29.8 Å². The van der Waals surface area contributed by atoms with E-state index in [4.69, 9.17) is 18.6 Å². The molecule has 1 aliphatic rings. The first kappa shape index (κ1) is 25.4. The standard InChI is InChI=1S/C26H27N3O6S/c1-26(2,3)17-7-5-16(6-8-17)24(30)28-21-11-10-19(29(32-4)35-36)14-20(21)25(31)27-18-9-12-22-23(13-18)34-15-33-22/h5-14,36H,15H2,1-4H3,(H,27,31)(H,28,30). The summed E-state index contributed by atoms with van der Waals surface area (Å²) in [5.74, 6) is 0.309. The van der Waals surface area contributed by atoms with Crippen molar-refractivity contribution >= 4 is 41.8 Å². The van der Waals surface area contributed by atoms with Gasteiger partial charge >= 0.3 is 0 Å². The van der Waals surface area contributed by atoms with Crippen LogP contribution in [-0.2, 0) is 14.5 Å². The van der Waals surface area contributed by atoms with Crippen LogP contribution >= 0.6 is 12.9 Å². The van der Waals surface area contributed by atoms with Gasteiger partial charge in [-0.2, -0.15) is 4.28 Å². The van der Waals surface area contributed by atoms with Crippen molar-refractivity contribution in [3.05, 3.63) is 77.4 Å². The normalized spacial score (nSPS) is 12.2. The first-order chi connectivity index (χ1) is 17.2. The molecule has 0 atom stereocenters. The lowest BCUT2D eigenvalue weighted by Crippen LogP contribution is -2.21. The second-order valence-corrected chi connectivity index (χ2v) is 9.22. The van der Waals surface area contributed by atoms with Crippen LogP contribution in [0.3, 0.4) is 0 Å². The molecule has 4 rings (SSSR count). The molecule has 1 heterocycles. The van der Waals surface area contributed by atoms with E-state index in [0.717, 1.165) is 10.8 Å². The molecule has 2 amide bonds. The third kappa shape index (κ3) is 5.56. The molecule has 1 aliphatic heterocycles. The molecule has 0 saturated heterocycles. The van der Waals surface area contributed by atoms with E-state index in [1.54, 1.807) is 42.5 Å². The summed E-state index contributed by atoms with van der Waals surface area (Å²) in [4.78, 5) is 31.4. The molecule has 0 unspecified atom stereocenters. The second kappa shape index (κ2) is 10.5. The van der Waals surface area contributed by atoms with Crippen LogP contribution in [0.4, 0.5) is 17.1 Å². The summed E-state index contributed by atoms with van der Waals surface area (Å²) in [5.41, 5.74) is 2.90. The van der Waals surface area contributed by atoms with Gasteiger partial charge in [-0.1, -0.05) is 32.9 Å². The van der Waals surface area contributed by atoms with E-state index in [2.05, 4.69) is 44.3 Å². The topological polar surface area (TPSA) is 98.4 Å². The van der Waals surface area contributed by atoms with Gasteiger partial charge < -0.3 is 20.1 Å². The molecular weight excluding hydrogens is 482 g/mol. The molecule has 0 saturated carbocycles. The summed E-state index contributed by atoms with van der Waals surface area (Å²) in [6.07, 6.45) is 0. The van der Waals surface area contributed by atoms with Crippen molar-refractivity contribution in [3.8, 4) is 11.5 Å². The van der Waals surface area contributed by atoms with E-state index in [0.29, 0.717) is 34.1 Å². The number of nitrogens with zero attached hydrogens (tertiary/aromatic N) is 1. The zero-order valence-corrected chi connectivity index (χ0v) is 21.2. The highest BCUT2D eigenvalue weighted by atomic mass is 32.1. The Bertz CT molecular complexity index is 1270. The summed E-state index contributed by atoms with van der Waals surface area (Å²) in [6, 6.07) is 17.2. The second-order valence-electron chi connectivity index (χ2n) is 9.05. The summed E-state index contributed by atoms with van der Waals surface area (Å²) in [6.45, 7) is 6.43. The molecule has 36 heavy (non-hydrogen) atoms. The Morgan fingerprint density at radius 1 is 0.917 bits per heavy atom. The number of ether oxygens (including phenoxy) is 2. The maximum absolute atomic E-state index is 13.3. The lowest BCUT2D eigenvalue weighted by molar-refractivity contribution is 0.0252. The maximum Gasteiger partial charge on any atom is 0.257 e. The molecule has 9 nitrogen and oxygen atoms in total. The average Bonchev–Trinajstić information content (AvgIpc) is 3.33. The SMILES string of the molecule is CON(OS)c1ccc(NC(=O)c2ccc(C(C)(C)C)cc2)c(C(=O)Nc2ccc3c(c2)OCO3)c1. The molecule has 0 aromatic heterocycles. The number of anilines is 3. The summed E-state index contributed by atoms with van der Waals surface area (Å²) >= 11 is 3.77. The van der Waals surface area contributed by atoms with E-state index in [-0.39, 0.29) is 23.7 Å². The van der Waals surface area contributed by atoms with Gasteiger partial charge in [-0.15, -0.1) is 5.23 Å². The number of hydrogen-bond donors (Lipinski definition) is 3. The molecule has 0 radical (unpaired) electrons. The van der Waals surface area contributed by atoms with Crippen LogP contribution in [0.25, 0.3) is 0 Å². The Balaban J connectivity index is 1.62. The number of fused-ring (bicyclic) bond motifs is 1. The number of carbonyl (C=O) groups excluding carboxylic acids is 2. The Labute approximate surface area is 214 Å². The van der Waals surface area contributed by atoms with Crippen molar-refractivity contribution in [1.82, 2.24) is 0 Å². The number of carbonyl (C=O) groups is 2. The highest BCUT2D eigenvalue weighted by Crippen LogP contribution is 2.35. The van der Waals surface area contributed by atoms with Crippen LogP contribution in [0.2, 0.25) is 0 Å². The summed E-state index contributed by atoms with van der Waals surface area (Å²) < 4.78 is 15.6. The molecule has 188 valence electrons. The van der Waals surface area contributed by atoms with Gasteiger partial charge in [-0.05, 0) is 53.4 Å². The maximum atomic E-state index is 13.3. The number of hydrogen-bond acceptors (Lipinski definition) is 8. The molecule has 0 bridgehead atoms. The smallest absolute Gasteiger partial charge is 0.257 e. The van der Waals surface area contributed by atoms with Crippen LogP contribution in [0.5, 0.6) is 11.5 Å². The van der Waals surface area contributed by atoms with Gasteiger partial charge in [0.25, 0.3) is 11.8 Å². The van der Waals surface area contributed by atoms with Gasteiger partial charge in [-0.3, -0.25) is 14.4 Å². The van der Waals surface area contributed by atoms with Gasteiger partial charge in [0.05, 0.1) is 24.0 Å². The largest absolute Gasteiger partial charge is 0.454 e. The van der Waals surface area contributed by atoms with Crippen LogP contribution in [0.15, 0.2) is 60.7 Å². The lowest BCUT2D eigenvalue weighted by atomic mass is 9.86. The first-order valence-electron chi connectivity index (χ1n) is 11.1. The van der Waals surface area contributed by atoms with Crippen LogP contribution in [-0.4, -0.2) is 25.7 Å². The third-order valence-electron chi connectivity index (χ3n) is 5.59. The Kier molecular flexibility index (Phi) is 7.39. The van der Waals surface area contributed by atoms with Crippen molar-refractivity contribution in [2.45, 2.75) is 26.2 Å². The number of rotatable bonds is 7. The van der Waals surface area contributed by atoms with E-state index < -0.39 is 5.91 Å². The van der Waals surface area contributed by atoms with Gasteiger partial charge in [0.2, 0.25) is 6.79 Å². The summed E-state index contributed by atoms with van der Waals surface area (Å²) in [7, 11) is 1.39. The van der Waals surface area contributed by atoms with Gasteiger partial charge in [0.1, 0.15) is 0 Å². The zero-order valence-electron chi connectivity index (χ0n) is 20.3. The fraction of sp³-hybridized carbons (Fsp3) is 0.231. The van der Waals surface area contributed by atoms with E-state index in [1.165, 1.54) is 13.2 Å². The molecule has 3 aromatic carbocycles. The zero-order chi connectivity index (χ0) is 25.9. The van der Waals surface area contributed by atoms with Gasteiger partial charge in [-0.25, -0.2) is 0 Å². The minimum atomic E-state index is -0.468. The predicted octanol–water partition coefficient (Wildman–Crippen LogP) is 5.36. The molecule has 2 N–H and O–H groups in total. The molecule has 0 spiro atoms. The fourth-order valence-electron chi connectivity index (χ4n) is 3.62. The first-order valence-corrected chi connectivity index (χ1v) is 11.5. The monoisotopic (exact) mass is 509 g/mol. The van der Waals surface area contributed by atoms with Crippen LogP contribution in [0.1, 0.15) is 47.1 Å². The highest BCUT2D eigenvalue weighted by molar-refractivity contribution is 7.75. The Morgan fingerprint density at radius 3 is 2.31 bits per heavy atom. The van der Waals surface area contributed by atoms with Crippen molar-refractivity contribution < 1.29 is 28.2 Å². The van der Waals surface area contributed by atoms with Crippen LogP contribution < -0.4 is 25.3 Å². The molecule has 10 heteroatoms. The quantitative estimate of drug-likeness (QED) is 0.224. The van der Waals surface area contributed by atoms with Gasteiger partial charge in [0.15, 0.2) is 11.5 Å². The number of benzene rings is 3. The molecule has 3 aromatic rings. The number of nitrogens with one attached hydrogen (secondary N) is 2. The third-order valence-corrected chi connectivity index (χ3v) is 5.74. The minimum absolute atomic E-state index is 0.0346. The van der Waals surface area contributed by atoms with Crippen molar-refractivity contribution in [2.24, 2.45) is 0 Å². The van der Waals surface area contributed by atoms with E-state index >= 15 is 0 Å². The van der Waals surface area contributed by atoms with Crippen molar-refractivity contribution in [3.63, 3.8) is 0 Å². The minimum Gasteiger partial charge on any atom is -0.454 e. The fourth-order valence-corrected chi connectivity index (χ4v) is 3.78. The van der Waals surface area contributed by atoms with E-state index in [1.807, 2.05) is 12.1 Å². The molecular formula is C26H27N3O6S. The number of amides is 2. The van der Waals surface area contributed by atoms with Crippen LogP contribution in [0, 0.1) is 0 Å². The number of thiol groups is 1. The highest BCUT2D eigenvalue weighted by Gasteiger charge is 2.20. The summed E-state index contributed by atoms with van der Waals surface area (Å²) in [5, 5.41) is 6.67. The molecule has 0 aliphatic carbocycles. The predicted molar refractivity (Wildman–Crippen MR) is 140 cm³/mol. The Hall–Kier alpha value is -3.73. The Morgan fingerprint density at radius 2 is 1.64 bits per heavy atom. The lowest BCUT2D eigenvalue weighted by Gasteiger charge is -2.20. The molecule has 0 fully saturated rings. The average molecular weight is 510 g/mol. The van der Waals surface area contributed by atoms with Gasteiger partial charge in [0, 0.05) is 30.2 Å². The van der Waals surface area contributed by atoms with Crippen molar-refractivity contribution in [1.29, 1.82) is 0 Å². The van der Waals surface area contributed by atoms with E-state index in [9.17, 15) is 9.59 Å².